The highest BCUT2D eigenvalue weighted by Crippen LogP contribution is 2.34. The van der Waals surface area contributed by atoms with Gasteiger partial charge >= 0.3 is 0 Å². The molecule has 1 aliphatic rings. The summed E-state index contributed by atoms with van der Waals surface area (Å²) in [5, 5.41) is 0. The van der Waals surface area contributed by atoms with Crippen LogP contribution < -0.4 is 0 Å². The zero-order valence-corrected chi connectivity index (χ0v) is 10.6. The van der Waals surface area contributed by atoms with E-state index < -0.39 is 0 Å². The second-order valence-corrected chi connectivity index (χ2v) is 5.79. The molecule has 0 saturated carbocycles. The lowest BCUT2D eigenvalue weighted by Gasteiger charge is -2.29. The molecule has 1 aliphatic heterocycles. The lowest BCUT2D eigenvalue weighted by molar-refractivity contribution is 0.209. The lowest BCUT2D eigenvalue weighted by Crippen LogP contribution is -2.27. The molecule has 0 aromatic rings. The summed E-state index contributed by atoms with van der Waals surface area (Å²) in [6.45, 7) is 10.7. The predicted molar refractivity (Wildman–Crippen MR) is 66.7 cm³/mol. The Balaban J connectivity index is 2.39. The molecule has 1 atom stereocenters. The quantitative estimate of drug-likeness (QED) is 0.629. The molecule has 86 valence electrons. The topological polar surface area (TPSA) is 3.24 Å². The van der Waals surface area contributed by atoms with Crippen LogP contribution in [-0.4, -0.2) is 24.5 Å². The number of hydrogen-bond donors (Lipinski definition) is 0. The first-order chi connectivity index (χ1) is 7.04. The highest BCUT2D eigenvalue weighted by Gasteiger charge is 2.26. The molecule has 1 heteroatoms. The Bertz CT molecular complexity index is 218. The fourth-order valence-corrected chi connectivity index (χ4v) is 2.47. The van der Waals surface area contributed by atoms with Crippen LogP contribution in [0, 0.1) is 23.7 Å². The van der Waals surface area contributed by atoms with Crippen molar-refractivity contribution in [3.05, 3.63) is 0 Å². The Hall–Kier alpha value is -0.480. The van der Waals surface area contributed by atoms with E-state index in [0.29, 0.717) is 5.41 Å². The molecule has 1 heterocycles. The highest BCUT2D eigenvalue weighted by atomic mass is 15.1. The summed E-state index contributed by atoms with van der Waals surface area (Å²) in [5.74, 6) is 3.62. The first-order valence-electron chi connectivity index (χ1n) is 6.20. The molecule has 0 aliphatic carbocycles. The zero-order chi connectivity index (χ0) is 11.3. The molecule has 1 rings (SSSR count). The van der Waals surface area contributed by atoms with E-state index in [-0.39, 0.29) is 0 Å². The minimum atomic E-state index is 0.474. The molecule has 1 nitrogen and oxygen atoms in total. The summed E-state index contributed by atoms with van der Waals surface area (Å²) in [4.78, 5) is 2.53. The van der Waals surface area contributed by atoms with Crippen molar-refractivity contribution in [3.63, 3.8) is 0 Å². The smallest absolute Gasteiger partial charge is 0.0214 e. The van der Waals surface area contributed by atoms with Crippen LogP contribution in [0.2, 0.25) is 0 Å². The maximum absolute atomic E-state index is 5.30. The number of likely N-dealkylation sites (tertiary alicyclic amines) is 1. The molecule has 0 bridgehead atoms. The third kappa shape index (κ3) is 4.26. The summed E-state index contributed by atoms with van der Waals surface area (Å²) in [6.07, 6.45) is 10.3. The van der Waals surface area contributed by atoms with Crippen LogP contribution in [0.4, 0.5) is 0 Å². The van der Waals surface area contributed by atoms with Gasteiger partial charge in [-0.3, -0.25) is 0 Å². The Morgan fingerprint density at radius 2 is 2.00 bits per heavy atom. The van der Waals surface area contributed by atoms with Gasteiger partial charge < -0.3 is 4.90 Å². The molecule has 15 heavy (non-hydrogen) atoms. The zero-order valence-electron chi connectivity index (χ0n) is 10.6. The van der Waals surface area contributed by atoms with Crippen LogP contribution in [0.1, 0.15) is 46.5 Å². The number of terminal acetylenes is 1. The van der Waals surface area contributed by atoms with Crippen molar-refractivity contribution in [2.45, 2.75) is 46.5 Å². The minimum Gasteiger partial charge on any atom is -0.302 e. The third-order valence-corrected chi connectivity index (χ3v) is 3.62. The van der Waals surface area contributed by atoms with Gasteiger partial charge in [0.1, 0.15) is 0 Å². The fraction of sp³-hybridized carbons (Fsp3) is 0.857. The first-order valence-corrected chi connectivity index (χ1v) is 6.20. The van der Waals surface area contributed by atoms with Gasteiger partial charge in [0.05, 0.1) is 0 Å². The fourth-order valence-electron chi connectivity index (χ4n) is 2.47. The van der Waals surface area contributed by atoms with Gasteiger partial charge in [-0.1, -0.05) is 20.8 Å². The molecule has 0 N–H and O–H groups in total. The predicted octanol–water partition coefficient (Wildman–Crippen LogP) is 3.16. The normalized spacial score (nSPS) is 24.5. The van der Waals surface area contributed by atoms with Crippen molar-refractivity contribution in [1.29, 1.82) is 0 Å². The summed E-state index contributed by atoms with van der Waals surface area (Å²) >= 11 is 0. The van der Waals surface area contributed by atoms with Gasteiger partial charge in [0.2, 0.25) is 0 Å². The molecule has 0 spiro atoms. The Labute approximate surface area is 95.2 Å². The molecule has 0 aromatic heterocycles. The second kappa shape index (κ2) is 5.56. The number of rotatable bonds is 2. The van der Waals surface area contributed by atoms with Crippen LogP contribution >= 0.6 is 0 Å². The van der Waals surface area contributed by atoms with Gasteiger partial charge in [-0.25, -0.2) is 0 Å². The third-order valence-electron chi connectivity index (χ3n) is 3.62. The largest absolute Gasteiger partial charge is 0.302 e. The van der Waals surface area contributed by atoms with Crippen molar-refractivity contribution in [1.82, 2.24) is 4.90 Å². The van der Waals surface area contributed by atoms with Gasteiger partial charge in [-0.05, 0) is 43.7 Å². The average molecular weight is 207 g/mol. The number of nitrogens with zero attached hydrogens (tertiary/aromatic N) is 1. The van der Waals surface area contributed by atoms with Crippen molar-refractivity contribution in [2.24, 2.45) is 11.3 Å². The molecule has 1 fully saturated rings. The molecule has 0 aromatic carbocycles. The molecule has 1 saturated heterocycles. The van der Waals surface area contributed by atoms with Gasteiger partial charge in [0.15, 0.2) is 0 Å². The minimum absolute atomic E-state index is 0.474. The summed E-state index contributed by atoms with van der Waals surface area (Å²) < 4.78 is 0. The average Bonchev–Trinajstić information content (AvgIpc) is 2.38. The highest BCUT2D eigenvalue weighted by molar-refractivity contribution is 4.86. The van der Waals surface area contributed by atoms with Crippen LogP contribution in [0.5, 0.6) is 0 Å². The van der Waals surface area contributed by atoms with Crippen LogP contribution in [-0.2, 0) is 0 Å². The van der Waals surface area contributed by atoms with E-state index in [4.69, 9.17) is 6.42 Å². The van der Waals surface area contributed by atoms with Crippen molar-refractivity contribution in [3.8, 4) is 12.3 Å². The van der Waals surface area contributed by atoms with Crippen LogP contribution in [0.15, 0.2) is 0 Å². The van der Waals surface area contributed by atoms with Crippen LogP contribution in [0.3, 0.4) is 0 Å². The summed E-state index contributed by atoms with van der Waals surface area (Å²) in [7, 11) is 0. The van der Waals surface area contributed by atoms with Gasteiger partial charge in [0.25, 0.3) is 0 Å². The molecular weight excluding hydrogens is 182 g/mol. The van der Waals surface area contributed by atoms with E-state index in [2.05, 4.69) is 31.6 Å². The van der Waals surface area contributed by atoms with E-state index in [0.717, 1.165) is 18.9 Å². The van der Waals surface area contributed by atoms with E-state index >= 15 is 0 Å². The first kappa shape index (κ1) is 12.6. The Kier molecular flexibility index (Phi) is 4.67. The standard InChI is InChI=1S/C14H25N/c1-5-6-10-15-11-7-8-13(9-12-15)14(2,3)4/h1,13H,6-12H2,2-4H3. The van der Waals surface area contributed by atoms with E-state index in [1.807, 2.05) is 0 Å². The van der Waals surface area contributed by atoms with Crippen LogP contribution in [0.25, 0.3) is 0 Å². The maximum Gasteiger partial charge on any atom is 0.0214 e. The Morgan fingerprint density at radius 3 is 2.60 bits per heavy atom. The van der Waals surface area contributed by atoms with E-state index in [1.54, 1.807) is 0 Å². The van der Waals surface area contributed by atoms with Crippen molar-refractivity contribution < 1.29 is 0 Å². The summed E-state index contributed by atoms with van der Waals surface area (Å²) in [6, 6.07) is 0. The van der Waals surface area contributed by atoms with Gasteiger partial charge in [0, 0.05) is 13.0 Å². The summed E-state index contributed by atoms with van der Waals surface area (Å²) in [5.41, 5.74) is 0.474. The van der Waals surface area contributed by atoms with Crippen molar-refractivity contribution in [2.75, 3.05) is 19.6 Å². The SMILES string of the molecule is C#CCCN1CCCC(C(C)(C)C)CC1. The maximum atomic E-state index is 5.30. The van der Waals surface area contributed by atoms with Gasteiger partial charge in [-0.15, -0.1) is 12.3 Å². The Morgan fingerprint density at radius 1 is 1.27 bits per heavy atom. The second-order valence-electron chi connectivity index (χ2n) is 5.79. The molecule has 0 amide bonds. The monoisotopic (exact) mass is 207 g/mol. The molecule has 0 radical (unpaired) electrons. The molecule has 1 unspecified atom stereocenters. The van der Waals surface area contributed by atoms with Crippen molar-refractivity contribution >= 4 is 0 Å². The molecular formula is C14H25N. The van der Waals surface area contributed by atoms with E-state index in [9.17, 15) is 0 Å². The lowest BCUT2D eigenvalue weighted by atomic mass is 9.77. The number of hydrogen-bond acceptors (Lipinski definition) is 1. The van der Waals surface area contributed by atoms with Gasteiger partial charge in [-0.2, -0.15) is 0 Å². The van der Waals surface area contributed by atoms with E-state index in [1.165, 1.54) is 32.4 Å².